The number of rotatable bonds is 11. The van der Waals surface area contributed by atoms with Crippen LogP contribution in [0, 0.1) is 3.57 Å². The second kappa shape index (κ2) is 11.9. The molecule has 0 saturated carbocycles. The number of ether oxygens (including phenoxy) is 2. The minimum absolute atomic E-state index is 0.209. The molecule has 0 unspecified atom stereocenters. The van der Waals surface area contributed by atoms with Crippen molar-refractivity contribution >= 4 is 28.6 Å². The monoisotopic (exact) mass is 418 g/mol. The SMILES string of the molecule is CCCCCCOC(=O)c1ccc(I)c(CCCOCC)c1. The molecular weight excluding hydrogens is 391 g/mol. The summed E-state index contributed by atoms with van der Waals surface area (Å²) in [5.74, 6) is -0.209. The third kappa shape index (κ3) is 7.58. The van der Waals surface area contributed by atoms with Gasteiger partial charge in [0, 0.05) is 16.8 Å². The zero-order valence-corrected chi connectivity index (χ0v) is 15.9. The van der Waals surface area contributed by atoms with Gasteiger partial charge < -0.3 is 9.47 Å². The van der Waals surface area contributed by atoms with Crippen LogP contribution >= 0.6 is 22.6 Å². The highest BCUT2D eigenvalue weighted by atomic mass is 127. The molecule has 0 N–H and O–H groups in total. The number of unbranched alkanes of at least 4 members (excludes halogenated alkanes) is 3. The molecular formula is C18H27IO3. The van der Waals surface area contributed by atoms with Gasteiger partial charge in [0.15, 0.2) is 0 Å². The van der Waals surface area contributed by atoms with Gasteiger partial charge in [-0.05, 0) is 72.5 Å². The van der Waals surface area contributed by atoms with Crippen LogP contribution in [0.25, 0.3) is 0 Å². The summed E-state index contributed by atoms with van der Waals surface area (Å²) >= 11 is 2.31. The van der Waals surface area contributed by atoms with Gasteiger partial charge in [0.1, 0.15) is 0 Å². The number of carbonyl (C=O) groups excluding carboxylic acids is 1. The quantitative estimate of drug-likeness (QED) is 0.288. The number of halogens is 1. The normalized spacial score (nSPS) is 10.7. The number of carbonyl (C=O) groups is 1. The molecule has 0 aliphatic carbocycles. The summed E-state index contributed by atoms with van der Waals surface area (Å²) in [5.41, 5.74) is 1.85. The van der Waals surface area contributed by atoms with Crippen molar-refractivity contribution in [2.24, 2.45) is 0 Å². The fourth-order valence-electron chi connectivity index (χ4n) is 2.18. The van der Waals surface area contributed by atoms with Crippen LogP contribution in [0.3, 0.4) is 0 Å². The molecule has 1 aromatic rings. The molecule has 3 nitrogen and oxygen atoms in total. The summed E-state index contributed by atoms with van der Waals surface area (Å²) in [6.45, 7) is 6.20. The van der Waals surface area contributed by atoms with E-state index in [2.05, 4.69) is 29.5 Å². The van der Waals surface area contributed by atoms with E-state index in [1.165, 1.54) is 22.0 Å². The van der Waals surface area contributed by atoms with Crippen molar-refractivity contribution in [1.82, 2.24) is 0 Å². The van der Waals surface area contributed by atoms with Gasteiger partial charge in [-0.25, -0.2) is 4.79 Å². The Balaban J connectivity index is 2.47. The maximum absolute atomic E-state index is 12.1. The fourth-order valence-corrected chi connectivity index (χ4v) is 2.78. The number of benzene rings is 1. The lowest BCUT2D eigenvalue weighted by Gasteiger charge is -2.09. The van der Waals surface area contributed by atoms with Gasteiger partial charge in [-0.2, -0.15) is 0 Å². The smallest absolute Gasteiger partial charge is 0.338 e. The zero-order valence-electron chi connectivity index (χ0n) is 13.7. The third-order valence-corrected chi connectivity index (χ3v) is 4.50. The molecule has 124 valence electrons. The van der Waals surface area contributed by atoms with Crippen LogP contribution in [0.1, 0.15) is 61.9 Å². The van der Waals surface area contributed by atoms with Crippen LogP contribution in [-0.2, 0) is 15.9 Å². The molecule has 0 aliphatic heterocycles. The Kier molecular flexibility index (Phi) is 10.5. The van der Waals surface area contributed by atoms with Gasteiger partial charge in [0.05, 0.1) is 12.2 Å². The zero-order chi connectivity index (χ0) is 16.2. The summed E-state index contributed by atoms with van der Waals surface area (Å²) in [6, 6.07) is 5.80. The van der Waals surface area contributed by atoms with Crippen LogP contribution < -0.4 is 0 Å². The molecule has 0 aliphatic rings. The Hall–Kier alpha value is -0.620. The Morgan fingerprint density at radius 3 is 2.64 bits per heavy atom. The first-order chi connectivity index (χ1) is 10.7. The number of hydrogen-bond acceptors (Lipinski definition) is 3. The number of hydrogen-bond donors (Lipinski definition) is 0. The Labute approximate surface area is 147 Å². The summed E-state index contributed by atoms with van der Waals surface area (Å²) in [7, 11) is 0. The van der Waals surface area contributed by atoms with Crippen LogP contribution in [0.2, 0.25) is 0 Å². The predicted octanol–water partition coefficient (Wildman–Crippen LogP) is 5.00. The molecule has 1 rings (SSSR count). The molecule has 0 bridgehead atoms. The predicted molar refractivity (Wildman–Crippen MR) is 98.4 cm³/mol. The van der Waals surface area contributed by atoms with Crippen molar-refractivity contribution in [2.75, 3.05) is 19.8 Å². The number of aryl methyl sites for hydroxylation is 1. The summed E-state index contributed by atoms with van der Waals surface area (Å²) < 4.78 is 11.9. The van der Waals surface area contributed by atoms with E-state index < -0.39 is 0 Å². The van der Waals surface area contributed by atoms with E-state index in [0.29, 0.717) is 12.2 Å². The lowest BCUT2D eigenvalue weighted by molar-refractivity contribution is 0.0497. The topological polar surface area (TPSA) is 35.5 Å². The molecule has 0 radical (unpaired) electrons. The van der Waals surface area contributed by atoms with E-state index in [9.17, 15) is 4.79 Å². The van der Waals surface area contributed by atoms with Crippen molar-refractivity contribution < 1.29 is 14.3 Å². The minimum Gasteiger partial charge on any atom is -0.462 e. The standard InChI is InChI=1S/C18H27IO3/c1-3-5-6-7-13-22-18(20)16-10-11-17(19)15(14-16)9-8-12-21-4-2/h10-11,14H,3-9,12-13H2,1-2H3. The van der Waals surface area contributed by atoms with Crippen molar-refractivity contribution in [3.63, 3.8) is 0 Å². The van der Waals surface area contributed by atoms with Gasteiger partial charge in [-0.3, -0.25) is 0 Å². The lowest BCUT2D eigenvalue weighted by atomic mass is 10.1. The van der Waals surface area contributed by atoms with Crippen LogP contribution in [-0.4, -0.2) is 25.8 Å². The maximum atomic E-state index is 12.1. The van der Waals surface area contributed by atoms with Crippen LogP contribution in [0.5, 0.6) is 0 Å². The second-order valence-electron chi connectivity index (χ2n) is 5.30. The largest absolute Gasteiger partial charge is 0.462 e. The summed E-state index contributed by atoms with van der Waals surface area (Å²) in [4.78, 5) is 12.1. The maximum Gasteiger partial charge on any atom is 0.338 e. The first-order valence-electron chi connectivity index (χ1n) is 8.22. The third-order valence-electron chi connectivity index (χ3n) is 3.45. The fraction of sp³-hybridized carbons (Fsp3) is 0.611. The highest BCUT2D eigenvalue weighted by Crippen LogP contribution is 2.17. The van der Waals surface area contributed by atoms with Crippen molar-refractivity contribution in [2.45, 2.75) is 52.4 Å². The van der Waals surface area contributed by atoms with Crippen molar-refractivity contribution in [3.05, 3.63) is 32.9 Å². The van der Waals surface area contributed by atoms with Crippen molar-refractivity contribution in [1.29, 1.82) is 0 Å². The molecule has 0 heterocycles. The molecule has 0 saturated heterocycles. The molecule has 0 aromatic heterocycles. The molecule has 0 atom stereocenters. The summed E-state index contributed by atoms with van der Waals surface area (Å²) in [5, 5.41) is 0. The minimum atomic E-state index is -0.209. The van der Waals surface area contributed by atoms with Gasteiger partial charge in [0.25, 0.3) is 0 Å². The summed E-state index contributed by atoms with van der Waals surface area (Å²) in [6.07, 6.45) is 6.36. The molecule has 4 heteroatoms. The molecule has 22 heavy (non-hydrogen) atoms. The van der Waals surface area contributed by atoms with E-state index in [-0.39, 0.29) is 5.97 Å². The van der Waals surface area contributed by atoms with Gasteiger partial charge in [0.2, 0.25) is 0 Å². The first-order valence-corrected chi connectivity index (χ1v) is 9.30. The van der Waals surface area contributed by atoms with E-state index in [1.54, 1.807) is 0 Å². The van der Waals surface area contributed by atoms with E-state index >= 15 is 0 Å². The van der Waals surface area contributed by atoms with E-state index in [0.717, 1.165) is 38.9 Å². The molecule has 0 fully saturated rings. The van der Waals surface area contributed by atoms with Crippen LogP contribution in [0.15, 0.2) is 18.2 Å². The molecule has 0 spiro atoms. The van der Waals surface area contributed by atoms with Gasteiger partial charge >= 0.3 is 5.97 Å². The van der Waals surface area contributed by atoms with Gasteiger partial charge in [-0.15, -0.1) is 0 Å². The van der Waals surface area contributed by atoms with E-state index in [1.807, 2.05) is 25.1 Å². The van der Waals surface area contributed by atoms with Crippen molar-refractivity contribution in [3.8, 4) is 0 Å². The first kappa shape index (κ1) is 19.4. The van der Waals surface area contributed by atoms with Gasteiger partial charge in [-0.1, -0.05) is 26.2 Å². The highest BCUT2D eigenvalue weighted by molar-refractivity contribution is 14.1. The highest BCUT2D eigenvalue weighted by Gasteiger charge is 2.10. The second-order valence-corrected chi connectivity index (χ2v) is 6.47. The Morgan fingerprint density at radius 1 is 1.09 bits per heavy atom. The number of esters is 1. The molecule has 0 amide bonds. The lowest BCUT2D eigenvalue weighted by Crippen LogP contribution is -2.08. The molecule has 1 aromatic carbocycles. The Bertz CT molecular complexity index is 446. The Morgan fingerprint density at radius 2 is 1.91 bits per heavy atom. The van der Waals surface area contributed by atoms with E-state index in [4.69, 9.17) is 9.47 Å². The van der Waals surface area contributed by atoms with Crippen LogP contribution in [0.4, 0.5) is 0 Å². The average Bonchev–Trinajstić information content (AvgIpc) is 2.52. The average molecular weight is 418 g/mol.